The lowest BCUT2D eigenvalue weighted by Crippen LogP contribution is -2.73. The van der Waals surface area contributed by atoms with Gasteiger partial charge in [0.1, 0.15) is 13.2 Å². The molecule has 0 amide bonds. The second kappa shape index (κ2) is 13.4. The molecule has 0 aliphatic rings. The fraction of sp³-hybridized carbons (Fsp3) is 1.00. The van der Waals surface area contributed by atoms with Gasteiger partial charge in [-0.3, -0.25) is 18.9 Å². The van der Waals surface area contributed by atoms with Crippen LogP contribution in [0.25, 0.3) is 0 Å². The van der Waals surface area contributed by atoms with Gasteiger partial charge in [0.2, 0.25) is 0 Å². The molecule has 0 spiro atoms. The topological polar surface area (TPSA) is 77.4 Å². The summed E-state index contributed by atoms with van der Waals surface area (Å²) in [6.07, 6.45) is -67.1. The van der Waals surface area contributed by atoms with E-state index < -0.39 is 104 Å². The van der Waals surface area contributed by atoms with Crippen LogP contribution in [0.5, 0.6) is 0 Å². The molecule has 0 aliphatic carbocycles. The highest BCUT2D eigenvalue weighted by Gasteiger charge is 2.93. The van der Waals surface area contributed by atoms with Gasteiger partial charge in [0.05, 0.1) is 0 Å². The highest BCUT2D eigenvalue weighted by Crippen LogP contribution is 2.63. The van der Waals surface area contributed by atoms with E-state index in [2.05, 4.69) is 0 Å². The molecule has 2 N–H and O–H groups in total. The van der Waals surface area contributed by atoms with Crippen LogP contribution in [-0.2, 0) is 18.9 Å². The number of rotatable bonds is 16. The highest BCUT2D eigenvalue weighted by atomic mass is 19.4. The number of aliphatic hydroxyl groups is 2. The van der Waals surface area contributed by atoms with Crippen LogP contribution in [0, 0.1) is 0 Å². The fourth-order valence-corrected chi connectivity index (χ4v) is 2.51. The summed E-state index contributed by atoms with van der Waals surface area (Å²) in [5.74, 6) is -59.9. The van der Waals surface area contributed by atoms with Crippen LogP contribution in [0.15, 0.2) is 0 Å². The highest BCUT2D eigenvalue weighted by molar-refractivity contribution is 5.07. The number of halogens is 30. The summed E-state index contributed by atoms with van der Waals surface area (Å²) < 4.78 is 406. The van der Waals surface area contributed by atoms with Crippen molar-refractivity contribution in [1.82, 2.24) is 0 Å². The average molecular weight is 876 g/mol. The van der Waals surface area contributed by atoms with Crippen LogP contribution >= 0.6 is 0 Å². The van der Waals surface area contributed by atoms with Gasteiger partial charge in [0.15, 0.2) is 0 Å². The second-order valence-corrected chi connectivity index (χ2v) is 9.15. The third kappa shape index (κ3) is 8.15. The zero-order valence-corrected chi connectivity index (χ0v) is 22.8. The molecule has 0 aromatic rings. The van der Waals surface area contributed by atoms with Crippen molar-refractivity contribution in [1.29, 1.82) is 0 Å². The van der Waals surface area contributed by atoms with Crippen molar-refractivity contribution in [2.75, 3.05) is 13.2 Å². The first-order chi connectivity index (χ1) is 22.4. The number of hydrogen-bond acceptors (Lipinski definition) is 6. The Morgan fingerprint density at radius 1 is 0.264 bits per heavy atom. The summed E-state index contributed by atoms with van der Waals surface area (Å²) in [4.78, 5) is 0. The zero-order chi connectivity index (χ0) is 43.7. The molecule has 0 bridgehead atoms. The average Bonchev–Trinajstić information content (AvgIpc) is 2.88. The number of aliphatic hydroxyl groups excluding tert-OH is 2. The smallest absolute Gasteiger partial charge is 0.390 e. The van der Waals surface area contributed by atoms with Gasteiger partial charge in [-0.1, -0.05) is 0 Å². The molecule has 53 heavy (non-hydrogen) atoms. The summed E-state index contributed by atoms with van der Waals surface area (Å²) in [6.45, 7) is -7.57. The van der Waals surface area contributed by atoms with E-state index >= 15 is 0 Å². The molecule has 4 atom stereocenters. The molecule has 0 aromatic carbocycles. The van der Waals surface area contributed by atoms with Gasteiger partial charge in [-0.15, -0.1) is 0 Å². The Morgan fingerprint density at radius 3 is 0.623 bits per heavy atom. The van der Waals surface area contributed by atoms with Crippen molar-refractivity contribution >= 4 is 0 Å². The van der Waals surface area contributed by atoms with E-state index in [1.165, 1.54) is 9.47 Å². The first-order valence-electron chi connectivity index (χ1n) is 11.1. The number of hydrogen-bond donors (Lipinski definition) is 2. The first-order valence-corrected chi connectivity index (χ1v) is 11.1. The Kier molecular flexibility index (Phi) is 12.8. The fourth-order valence-electron chi connectivity index (χ4n) is 2.51. The van der Waals surface area contributed by atoms with Crippen molar-refractivity contribution in [3.8, 4) is 0 Å². The van der Waals surface area contributed by atoms with Crippen LogP contribution < -0.4 is 0 Å². The molecule has 0 fully saturated rings. The second-order valence-electron chi connectivity index (χ2n) is 9.15. The van der Waals surface area contributed by atoms with Crippen LogP contribution in [0.3, 0.4) is 0 Å². The Balaban J connectivity index is 7.45. The third-order valence-electron chi connectivity index (χ3n) is 5.37. The van der Waals surface area contributed by atoms with E-state index in [1.54, 1.807) is 0 Å². The van der Waals surface area contributed by atoms with Crippen molar-refractivity contribution in [3.63, 3.8) is 0 Å². The van der Waals surface area contributed by atoms with Crippen molar-refractivity contribution in [2.45, 2.75) is 90.3 Å². The molecule has 0 radical (unpaired) electrons. The Hall–Kier alpha value is -2.34. The van der Waals surface area contributed by atoms with Crippen molar-refractivity contribution < 1.29 is 161 Å². The predicted octanol–water partition coefficient (Wildman–Crippen LogP) is 8.23. The Morgan fingerprint density at radius 2 is 0.472 bits per heavy atom. The minimum Gasteiger partial charge on any atom is -0.390 e. The summed E-state index contributed by atoms with van der Waals surface area (Å²) in [5, 5.41) is 16.2. The molecule has 0 rings (SSSR count). The zero-order valence-electron chi connectivity index (χ0n) is 22.8. The quantitative estimate of drug-likeness (QED) is 0.152. The van der Waals surface area contributed by atoms with Crippen LogP contribution in [0.1, 0.15) is 0 Å². The van der Waals surface area contributed by atoms with E-state index in [9.17, 15) is 132 Å². The van der Waals surface area contributed by atoms with Gasteiger partial charge < -0.3 is 10.2 Å². The molecule has 0 aliphatic heterocycles. The molecule has 0 aromatic heterocycles. The number of alkyl halides is 30. The summed E-state index contributed by atoms with van der Waals surface area (Å²) in [6, 6.07) is 0. The predicted molar refractivity (Wildman–Crippen MR) is 92.7 cm³/mol. The Labute approximate surface area is 266 Å². The van der Waals surface area contributed by atoms with Crippen molar-refractivity contribution in [2.24, 2.45) is 0 Å². The van der Waals surface area contributed by atoms with E-state index in [1.807, 2.05) is 0 Å². The van der Waals surface area contributed by atoms with E-state index in [4.69, 9.17) is 10.2 Å². The van der Waals surface area contributed by atoms with Gasteiger partial charge in [-0.25, -0.2) is 0 Å². The van der Waals surface area contributed by atoms with E-state index in [-0.39, 0.29) is 0 Å². The molecule has 6 nitrogen and oxygen atoms in total. The monoisotopic (exact) mass is 876 g/mol. The van der Waals surface area contributed by atoms with Crippen LogP contribution in [0.4, 0.5) is 132 Å². The lowest BCUT2D eigenvalue weighted by atomic mass is 10.0. The summed E-state index contributed by atoms with van der Waals surface area (Å²) >= 11 is 0. The van der Waals surface area contributed by atoms with Gasteiger partial charge in [0.25, 0.3) is 0 Å². The molecule has 0 saturated carbocycles. The Bertz CT molecular complexity index is 1180. The molecular weight excluding hydrogens is 870 g/mol. The largest absolute Gasteiger partial charge is 0.458 e. The minimum atomic E-state index is -9.61. The lowest BCUT2D eigenvalue weighted by Gasteiger charge is -2.44. The molecular formula is C17H6F30O6. The maximum atomic E-state index is 14.2. The summed E-state index contributed by atoms with van der Waals surface area (Å²) in [5.41, 5.74) is 0. The van der Waals surface area contributed by atoms with Gasteiger partial charge in [0, 0.05) is 0 Å². The third-order valence-corrected chi connectivity index (χ3v) is 5.37. The maximum absolute atomic E-state index is 14.2. The number of ether oxygens (including phenoxy) is 4. The maximum Gasteiger partial charge on any atom is 0.458 e. The molecule has 0 unspecified atom stereocenters. The van der Waals surface area contributed by atoms with Crippen LogP contribution in [-0.4, -0.2) is 114 Å². The van der Waals surface area contributed by atoms with E-state index in [0.717, 1.165) is 9.47 Å². The SMILES string of the molecule is OC[C@](F)(OC(F)(F)[C@](F)(OC(F)(F)C(F)(F)C(F)(F)C(F)(F)C(F)(F)O[C@](F)(C(F)(F)F)C(F)(F)O[C@@](F)(CO)C(F)(F)F)C(F)(F)F)C(F)(F)F. The molecule has 320 valence electrons. The molecule has 36 heteroatoms. The molecule has 0 heterocycles. The first kappa shape index (κ1) is 50.7. The van der Waals surface area contributed by atoms with E-state index in [0.29, 0.717) is 0 Å². The standard InChI is InChI=1S/C17H6F30O6/c18-3(1-48,10(28,29)30)50-16(44,45)8(26,12(34,35)36)52-14(40,41)6(22,23)5(20,21)7(24,25)15(42,43)53-9(27,13(37,38)39)17(46,47)51-4(19,2-49)11(31,32)33/h48-49H,1-2H2/t3-,4-,8+,9+/m0/s1. The van der Waals surface area contributed by atoms with Gasteiger partial charge >= 0.3 is 90.3 Å². The van der Waals surface area contributed by atoms with Gasteiger partial charge in [-0.05, 0) is 0 Å². The van der Waals surface area contributed by atoms with Gasteiger partial charge in [-0.2, -0.15) is 132 Å². The minimum absolute atomic E-state index is 0.895. The lowest BCUT2D eigenvalue weighted by molar-refractivity contribution is -0.567. The van der Waals surface area contributed by atoms with Crippen molar-refractivity contribution in [3.05, 3.63) is 0 Å². The molecule has 0 saturated heterocycles. The van der Waals surface area contributed by atoms with Crippen LogP contribution in [0.2, 0.25) is 0 Å². The summed E-state index contributed by atoms with van der Waals surface area (Å²) in [7, 11) is 0. The normalized spacial score (nSPS) is 20.4.